The molecule has 0 aliphatic carbocycles. The summed E-state index contributed by atoms with van der Waals surface area (Å²) in [6, 6.07) is 2.37. The maximum Gasteiger partial charge on any atom is 0.215 e. The lowest BCUT2D eigenvalue weighted by molar-refractivity contribution is -0.145. The van der Waals surface area contributed by atoms with Gasteiger partial charge in [0.15, 0.2) is 5.78 Å². The molecule has 29 heavy (non-hydrogen) atoms. The predicted octanol–water partition coefficient (Wildman–Crippen LogP) is 6.23. The van der Waals surface area contributed by atoms with E-state index in [1.807, 2.05) is 0 Å². The zero-order valence-corrected chi connectivity index (χ0v) is 17.9. The summed E-state index contributed by atoms with van der Waals surface area (Å²) in [5.41, 5.74) is 0.0397. The summed E-state index contributed by atoms with van der Waals surface area (Å²) in [6.07, 6.45) is 16.4. The van der Waals surface area contributed by atoms with Gasteiger partial charge < -0.3 is 20.1 Å². The summed E-state index contributed by atoms with van der Waals surface area (Å²) in [5, 5.41) is 30.1. The van der Waals surface area contributed by atoms with Crippen molar-refractivity contribution in [2.75, 3.05) is 0 Å². The van der Waals surface area contributed by atoms with E-state index < -0.39 is 5.79 Å². The molecule has 0 saturated heterocycles. The van der Waals surface area contributed by atoms with Crippen LogP contribution >= 0.6 is 0 Å². The van der Waals surface area contributed by atoms with E-state index in [0.717, 1.165) is 25.3 Å². The second-order valence-corrected chi connectivity index (χ2v) is 8.48. The average molecular weight is 407 g/mol. The Bertz CT molecular complexity index is 642. The van der Waals surface area contributed by atoms with Gasteiger partial charge >= 0.3 is 0 Å². The first-order valence-electron chi connectivity index (χ1n) is 11.5. The monoisotopic (exact) mass is 406 g/mol. The van der Waals surface area contributed by atoms with Crippen LogP contribution in [0.25, 0.3) is 0 Å². The lowest BCUT2D eigenvalue weighted by atomic mass is 9.93. The Labute approximate surface area is 175 Å². The first kappa shape index (κ1) is 23.5. The molecule has 164 valence electrons. The van der Waals surface area contributed by atoms with E-state index in [1.165, 1.54) is 70.3 Å². The molecular weight excluding hydrogens is 368 g/mol. The quantitative estimate of drug-likeness (QED) is 0.319. The third kappa shape index (κ3) is 7.88. The Morgan fingerprint density at radius 2 is 1.38 bits per heavy atom. The van der Waals surface area contributed by atoms with Gasteiger partial charge in [0.2, 0.25) is 5.79 Å². The van der Waals surface area contributed by atoms with Crippen LogP contribution in [-0.4, -0.2) is 26.9 Å². The van der Waals surface area contributed by atoms with E-state index in [1.54, 1.807) is 0 Å². The molecule has 0 spiro atoms. The van der Waals surface area contributed by atoms with Crippen LogP contribution in [0.5, 0.6) is 17.2 Å². The highest BCUT2D eigenvalue weighted by Crippen LogP contribution is 2.41. The number of benzene rings is 1. The SMILES string of the molecule is CCCCCCCCCCCCCCC[C@@]1(O)CC(=O)c2c(O)cc(O)cc2O1. The van der Waals surface area contributed by atoms with Crippen molar-refractivity contribution < 1.29 is 24.9 Å². The maximum absolute atomic E-state index is 12.3. The highest BCUT2D eigenvalue weighted by molar-refractivity contribution is 6.02. The van der Waals surface area contributed by atoms with Gasteiger partial charge in [-0.3, -0.25) is 4.79 Å². The summed E-state index contributed by atoms with van der Waals surface area (Å²) in [6.45, 7) is 2.25. The van der Waals surface area contributed by atoms with Crippen LogP contribution in [0.15, 0.2) is 12.1 Å². The van der Waals surface area contributed by atoms with Crippen molar-refractivity contribution in [1.29, 1.82) is 0 Å². The Kier molecular flexibility index (Phi) is 9.79. The minimum atomic E-state index is -1.55. The molecule has 5 heteroatoms. The molecule has 0 bridgehead atoms. The zero-order chi connectivity index (χ0) is 21.1. The van der Waals surface area contributed by atoms with Gasteiger partial charge in [0.05, 0.1) is 6.42 Å². The molecule has 0 radical (unpaired) electrons. The molecule has 5 nitrogen and oxygen atoms in total. The number of ketones is 1. The molecule has 0 aromatic heterocycles. The molecule has 1 aliphatic rings. The smallest absolute Gasteiger partial charge is 0.215 e. The van der Waals surface area contributed by atoms with E-state index in [-0.39, 0.29) is 35.0 Å². The second-order valence-electron chi connectivity index (χ2n) is 8.48. The van der Waals surface area contributed by atoms with E-state index in [2.05, 4.69) is 6.92 Å². The summed E-state index contributed by atoms with van der Waals surface area (Å²) in [4.78, 5) is 12.3. The zero-order valence-electron chi connectivity index (χ0n) is 17.9. The molecule has 1 heterocycles. The summed E-state index contributed by atoms with van der Waals surface area (Å²) in [5.74, 6) is -2.37. The second kappa shape index (κ2) is 12.1. The highest BCUT2D eigenvalue weighted by atomic mass is 16.6. The molecule has 1 atom stereocenters. The van der Waals surface area contributed by atoms with Gasteiger partial charge in [-0.2, -0.15) is 0 Å². The molecular formula is C24H38O5. The van der Waals surface area contributed by atoms with Crippen molar-refractivity contribution in [2.24, 2.45) is 0 Å². The average Bonchev–Trinajstić information content (AvgIpc) is 2.64. The van der Waals surface area contributed by atoms with Crippen LogP contribution in [0.4, 0.5) is 0 Å². The lowest BCUT2D eigenvalue weighted by Gasteiger charge is -2.33. The normalized spacial score (nSPS) is 18.5. The molecule has 3 N–H and O–H groups in total. The fraction of sp³-hybridized carbons (Fsp3) is 0.708. The number of ether oxygens (including phenoxy) is 1. The molecule has 1 aromatic carbocycles. The number of carbonyl (C=O) groups excluding carboxylic acids is 1. The number of hydrogen-bond donors (Lipinski definition) is 3. The standard InChI is InChI=1S/C24H38O5/c1-2-3-4-5-6-7-8-9-10-11-12-13-14-15-24(28)18-21(27)23-20(26)16-19(25)17-22(23)29-24/h16-17,25-26,28H,2-15,18H2,1H3/t24-/m0/s1. The Morgan fingerprint density at radius 3 is 1.93 bits per heavy atom. The van der Waals surface area contributed by atoms with Crippen molar-refractivity contribution in [3.63, 3.8) is 0 Å². The van der Waals surface area contributed by atoms with Crippen molar-refractivity contribution >= 4 is 5.78 Å². The Balaban J connectivity index is 1.57. The van der Waals surface area contributed by atoms with Gasteiger partial charge in [0.25, 0.3) is 0 Å². The number of rotatable bonds is 14. The summed E-state index contributed by atoms with van der Waals surface area (Å²) in [7, 11) is 0. The van der Waals surface area contributed by atoms with Crippen molar-refractivity contribution in [1.82, 2.24) is 0 Å². The molecule has 0 unspecified atom stereocenters. The molecule has 0 saturated carbocycles. The van der Waals surface area contributed by atoms with Crippen molar-refractivity contribution in [2.45, 2.75) is 109 Å². The molecule has 0 fully saturated rings. The van der Waals surface area contributed by atoms with Gasteiger partial charge in [0.1, 0.15) is 22.8 Å². The number of phenols is 2. The first-order chi connectivity index (χ1) is 13.9. The van der Waals surface area contributed by atoms with Gasteiger partial charge in [-0.15, -0.1) is 0 Å². The third-order valence-corrected chi connectivity index (χ3v) is 5.75. The van der Waals surface area contributed by atoms with E-state index in [4.69, 9.17) is 4.74 Å². The number of carbonyl (C=O) groups is 1. The van der Waals surface area contributed by atoms with E-state index in [9.17, 15) is 20.1 Å². The number of phenolic OH excluding ortho intramolecular Hbond substituents is 2. The largest absolute Gasteiger partial charge is 0.508 e. The van der Waals surface area contributed by atoms with E-state index >= 15 is 0 Å². The van der Waals surface area contributed by atoms with Crippen molar-refractivity contribution in [3.05, 3.63) is 17.7 Å². The molecule has 0 amide bonds. The number of aromatic hydroxyl groups is 2. The minimum absolute atomic E-state index is 0.0397. The lowest BCUT2D eigenvalue weighted by Crippen LogP contribution is -2.41. The molecule has 2 rings (SSSR count). The number of Topliss-reactive ketones (excluding diaryl/α,β-unsaturated/α-hetero) is 1. The number of aliphatic hydroxyl groups is 1. The van der Waals surface area contributed by atoms with Crippen LogP contribution in [-0.2, 0) is 0 Å². The van der Waals surface area contributed by atoms with Crippen LogP contribution in [0, 0.1) is 0 Å². The van der Waals surface area contributed by atoms with Gasteiger partial charge in [-0.25, -0.2) is 0 Å². The number of hydrogen-bond acceptors (Lipinski definition) is 5. The van der Waals surface area contributed by atoms with Gasteiger partial charge in [-0.1, -0.05) is 84.0 Å². The van der Waals surface area contributed by atoms with Crippen LogP contribution < -0.4 is 4.74 Å². The van der Waals surface area contributed by atoms with Crippen LogP contribution in [0.2, 0.25) is 0 Å². The Morgan fingerprint density at radius 1 is 0.862 bits per heavy atom. The third-order valence-electron chi connectivity index (χ3n) is 5.75. The van der Waals surface area contributed by atoms with Gasteiger partial charge in [-0.05, 0) is 6.42 Å². The maximum atomic E-state index is 12.3. The summed E-state index contributed by atoms with van der Waals surface area (Å²) < 4.78 is 5.57. The fourth-order valence-electron chi connectivity index (χ4n) is 4.09. The van der Waals surface area contributed by atoms with E-state index in [0.29, 0.717) is 6.42 Å². The fourth-order valence-corrected chi connectivity index (χ4v) is 4.09. The highest BCUT2D eigenvalue weighted by Gasteiger charge is 2.39. The first-order valence-corrected chi connectivity index (χ1v) is 11.5. The summed E-state index contributed by atoms with van der Waals surface area (Å²) >= 11 is 0. The predicted molar refractivity (Wildman–Crippen MR) is 115 cm³/mol. The topological polar surface area (TPSA) is 87.0 Å². The molecule has 1 aliphatic heterocycles. The van der Waals surface area contributed by atoms with Crippen molar-refractivity contribution in [3.8, 4) is 17.2 Å². The van der Waals surface area contributed by atoms with Crippen LogP contribution in [0.1, 0.15) is 114 Å². The van der Waals surface area contributed by atoms with Gasteiger partial charge in [0, 0.05) is 18.6 Å². The Hall–Kier alpha value is -1.75. The number of fused-ring (bicyclic) bond motifs is 1. The number of unbranched alkanes of at least 4 members (excludes halogenated alkanes) is 12. The van der Waals surface area contributed by atoms with Crippen LogP contribution in [0.3, 0.4) is 0 Å². The molecule has 1 aromatic rings. The minimum Gasteiger partial charge on any atom is -0.508 e.